The third-order valence-electron chi connectivity index (χ3n) is 4.47. The van der Waals surface area contributed by atoms with Crippen molar-refractivity contribution in [3.8, 4) is 11.8 Å². The molecule has 0 atom stereocenters. The van der Waals surface area contributed by atoms with E-state index in [2.05, 4.69) is 0 Å². The number of ether oxygens (including phenoxy) is 1. The number of amides is 1. The number of carbonyl (C=O) groups excluding carboxylic acids is 1. The molecule has 2 aromatic rings. The van der Waals surface area contributed by atoms with Gasteiger partial charge in [0.1, 0.15) is 17.5 Å². The maximum atomic E-state index is 12.4. The van der Waals surface area contributed by atoms with Crippen LogP contribution in [-0.4, -0.2) is 48.5 Å². The Hall–Kier alpha value is -3.31. The van der Waals surface area contributed by atoms with Crippen molar-refractivity contribution in [2.45, 2.75) is 0 Å². The van der Waals surface area contributed by atoms with Crippen molar-refractivity contribution in [2.75, 3.05) is 37.7 Å². The number of anilines is 1. The Bertz CT molecular complexity index is 936. The summed E-state index contributed by atoms with van der Waals surface area (Å²) in [6.07, 6.45) is 0. The molecule has 0 spiro atoms. The Morgan fingerprint density at radius 3 is 2.61 bits per heavy atom. The van der Waals surface area contributed by atoms with Gasteiger partial charge >= 0.3 is 0 Å². The van der Waals surface area contributed by atoms with E-state index < -0.39 is 4.92 Å². The summed E-state index contributed by atoms with van der Waals surface area (Å²) in [5.74, 6) is 0.173. The lowest BCUT2D eigenvalue weighted by atomic mass is 10.2. The largest absolute Gasteiger partial charge is 0.482 e. The summed E-state index contributed by atoms with van der Waals surface area (Å²) >= 11 is 5.86. The van der Waals surface area contributed by atoms with E-state index in [4.69, 9.17) is 21.6 Å². The number of rotatable bonds is 5. The van der Waals surface area contributed by atoms with E-state index in [1.165, 1.54) is 6.07 Å². The maximum absolute atomic E-state index is 12.4. The lowest BCUT2D eigenvalue weighted by molar-refractivity contribution is -0.384. The average Bonchev–Trinajstić information content (AvgIpc) is 2.72. The topological polar surface area (TPSA) is 99.7 Å². The fourth-order valence-corrected chi connectivity index (χ4v) is 3.19. The molecular formula is C19H17ClN4O4. The molecule has 3 rings (SSSR count). The van der Waals surface area contributed by atoms with Crippen LogP contribution >= 0.6 is 11.6 Å². The smallest absolute Gasteiger partial charge is 0.294 e. The first-order valence-corrected chi connectivity index (χ1v) is 8.96. The van der Waals surface area contributed by atoms with E-state index in [1.807, 2.05) is 11.0 Å². The molecule has 0 N–H and O–H groups in total. The predicted molar refractivity (Wildman–Crippen MR) is 104 cm³/mol. The Labute approximate surface area is 166 Å². The summed E-state index contributed by atoms with van der Waals surface area (Å²) in [4.78, 5) is 26.7. The molecule has 2 aromatic carbocycles. The molecule has 9 heteroatoms. The van der Waals surface area contributed by atoms with Gasteiger partial charge in [0.15, 0.2) is 6.61 Å². The molecule has 1 amide bonds. The van der Waals surface area contributed by atoms with Crippen LogP contribution in [0.3, 0.4) is 0 Å². The number of piperazine rings is 1. The maximum Gasteiger partial charge on any atom is 0.294 e. The molecule has 0 saturated carbocycles. The van der Waals surface area contributed by atoms with Gasteiger partial charge in [0, 0.05) is 37.3 Å². The van der Waals surface area contributed by atoms with Crippen LogP contribution in [0.25, 0.3) is 0 Å². The molecule has 1 fully saturated rings. The zero-order valence-corrected chi connectivity index (χ0v) is 15.6. The molecule has 1 aliphatic heterocycles. The number of hydrogen-bond acceptors (Lipinski definition) is 6. The minimum absolute atomic E-state index is 0.0521. The van der Waals surface area contributed by atoms with Crippen LogP contribution in [0, 0.1) is 21.4 Å². The highest BCUT2D eigenvalue weighted by atomic mass is 35.5. The fraction of sp³-hybridized carbons (Fsp3) is 0.263. The highest BCUT2D eigenvalue weighted by Gasteiger charge is 2.26. The number of nitro groups is 1. The van der Waals surface area contributed by atoms with Gasteiger partial charge in [0.2, 0.25) is 0 Å². The highest BCUT2D eigenvalue weighted by Crippen LogP contribution is 2.31. The molecule has 1 saturated heterocycles. The Morgan fingerprint density at radius 1 is 1.21 bits per heavy atom. The normalized spacial score (nSPS) is 13.7. The number of nitro benzene ring substituents is 1. The number of nitrogens with zero attached hydrogens (tertiary/aromatic N) is 4. The number of para-hydroxylation sites is 1. The molecule has 0 bridgehead atoms. The van der Waals surface area contributed by atoms with Gasteiger partial charge in [-0.1, -0.05) is 23.7 Å². The minimum atomic E-state index is -0.459. The molecule has 0 aromatic heterocycles. The predicted octanol–water partition coefficient (Wildman–Crippen LogP) is 2.85. The summed E-state index contributed by atoms with van der Waals surface area (Å²) < 4.78 is 5.49. The van der Waals surface area contributed by atoms with Crippen molar-refractivity contribution in [3.05, 3.63) is 63.2 Å². The molecule has 1 heterocycles. The Balaban J connectivity index is 1.59. The molecular weight excluding hydrogens is 384 g/mol. The van der Waals surface area contributed by atoms with Crippen LogP contribution < -0.4 is 9.64 Å². The molecule has 1 aliphatic rings. The van der Waals surface area contributed by atoms with Crippen LogP contribution in [0.5, 0.6) is 5.75 Å². The van der Waals surface area contributed by atoms with Gasteiger partial charge in [-0.05, 0) is 24.3 Å². The van der Waals surface area contributed by atoms with Gasteiger partial charge in [-0.25, -0.2) is 0 Å². The van der Waals surface area contributed by atoms with Crippen LogP contribution in [0.15, 0.2) is 42.5 Å². The van der Waals surface area contributed by atoms with Crippen molar-refractivity contribution >= 4 is 28.9 Å². The molecule has 0 unspecified atom stereocenters. The van der Waals surface area contributed by atoms with Crippen molar-refractivity contribution in [2.24, 2.45) is 0 Å². The summed E-state index contributed by atoms with van der Waals surface area (Å²) in [5.41, 5.74) is 0.805. The SMILES string of the molecule is N#Cc1ccccc1OCC(=O)N1CCN(c2ccc(Cl)cc2[N+](=O)[O-])CC1. The van der Waals surface area contributed by atoms with Crippen molar-refractivity contribution < 1.29 is 14.5 Å². The summed E-state index contributed by atoms with van der Waals surface area (Å²) in [6, 6.07) is 13.3. The summed E-state index contributed by atoms with van der Waals surface area (Å²) in [5, 5.41) is 20.6. The summed E-state index contributed by atoms with van der Waals surface area (Å²) in [7, 11) is 0. The third-order valence-corrected chi connectivity index (χ3v) is 4.70. The molecule has 144 valence electrons. The number of halogens is 1. The zero-order chi connectivity index (χ0) is 20.1. The minimum Gasteiger partial charge on any atom is -0.482 e. The first kappa shape index (κ1) is 19.5. The van der Waals surface area contributed by atoms with E-state index >= 15 is 0 Å². The first-order valence-electron chi connectivity index (χ1n) is 8.58. The fourth-order valence-electron chi connectivity index (χ4n) is 3.02. The van der Waals surface area contributed by atoms with Gasteiger partial charge in [0.05, 0.1) is 10.5 Å². The lowest BCUT2D eigenvalue weighted by Crippen LogP contribution is -2.50. The van der Waals surface area contributed by atoms with Gasteiger partial charge in [-0.15, -0.1) is 0 Å². The van der Waals surface area contributed by atoms with Gasteiger partial charge in [0.25, 0.3) is 11.6 Å². The number of carbonyl (C=O) groups is 1. The lowest BCUT2D eigenvalue weighted by Gasteiger charge is -2.35. The first-order chi connectivity index (χ1) is 13.5. The average molecular weight is 401 g/mol. The number of hydrogen-bond donors (Lipinski definition) is 0. The van der Waals surface area contributed by atoms with Gasteiger partial charge < -0.3 is 14.5 Å². The second-order valence-electron chi connectivity index (χ2n) is 6.15. The van der Waals surface area contributed by atoms with E-state index in [1.54, 1.807) is 41.3 Å². The molecule has 28 heavy (non-hydrogen) atoms. The van der Waals surface area contributed by atoms with Crippen LogP contribution in [-0.2, 0) is 4.79 Å². The van der Waals surface area contributed by atoms with Crippen molar-refractivity contribution in [3.63, 3.8) is 0 Å². The van der Waals surface area contributed by atoms with Crippen molar-refractivity contribution in [1.29, 1.82) is 5.26 Å². The Morgan fingerprint density at radius 2 is 1.93 bits per heavy atom. The van der Waals surface area contributed by atoms with Gasteiger partial charge in [-0.2, -0.15) is 5.26 Å². The number of benzene rings is 2. The van der Waals surface area contributed by atoms with E-state index in [0.717, 1.165) is 0 Å². The van der Waals surface area contributed by atoms with Crippen LogP contribution in [0.2, 0.25) is 5.02 Å². The second-order valence-corrected chi connectivity index (χ2v) is 6.59. The van der Waals surface area contributed by atoms with Crippen LogP contribution in [0.1, 0.15) is 5.56 Å². The third kappa shape index (κ3) is 4.32. The molecule has 0 radical (unpaired) electrons. The van der Waals surface area contributed by atoms with E-state index in [0.29, 0.717) is 48.2 Å². The molecule has 8 nitrogen and oxygen atoms in total. The Kier molecular flexibility index (Phi) is 5.96. The number of nitriles is 1. The van der Waals surface area contributed by atoms with E-state index in [-0.39, 0.29) is 18.2 Å². The van der Waals surface area contributed by atoms with Crippen molar-refractivity contribution in [1.82, 2.24) is 4.90 Å². The molecule has 0 aliphatic carbocycles. The second kappa shape index (κ2) is 8.59. The van der Waals surface area contributed by atoms with Gasteiger partial charge in [-0.3, -0.25) is 14.9 Å². The quantitative estimate of drug-likeness (QED) is 0.565. The van der Waals surface area contributed by atoms with Crippen LogP contribution in [0.4, 0.5) is 11.4 Å². The highest BCUT2D eigenvalue weighted by molar-refractivity contribution is 6.30. The summed E-state index contributed by atoms with van der Waals surface area (Å²) in [6.45, 7) is 1.59. The zero-order valence-electron chi connectivity index (χ0n) is 14.9. The van der Waals surface area contributed by atoms with E-state index in [9.17, 15) is 14.9 Å². The monoisotopic (exact) mass is 400 g/mol. The standard InChI is InChI=1S/C19H17ClN4O4/c20-15-5-6-16(17(11-15)24(26)27)22-7-9-23(10-8-22)19(25)13-28-18-4-2-1-3-14(18)12-21/h1-6,11H,7-10,13H2.